The van der Waals surface area contributed by atoms with E-state index in [-0.39, 0.29) is 5.91 Å². The van der Waals surface area contributed by atoms with E-state index in [0.29, 0.717) is 0 Å². The predicted octanol–water partition coefficient (Wildman–Crippen LogP) is 3.32. The first-order chi connectivity index (χ1) is 9.18. The summed E-state index contributed by atoms with van der Waals surface area (Å²) in [6, 6.07) is 11.7. The summed E-state index contributed by atoms with van der Waals surface area (Å²) in [5.74, 6) is -0.0497. The highest BCUT2D eigenvalue weighted by Crippen LogP contribution is 2.55. The monoisotopic (exact) mass is 287 g/mol. The molecule has 0 spiro atoms. The maximum atomic E-state index is 12.0. The lowest BCUT2D eigenvalue weighted by atomic mass is 10.2. The van der Waals surface area contributed by atoms with E-state index in [1.807, 2.05) is 36.4 Å². The predicted molar refractivity (Wildman–Crippen MR) is 74.5 cm³/mol. The summed E-state index contributed by atoms with van der Waals surface area (Å²) < 4.78 is 11.9. The normalized spacial score (nSPS) is 18.4. The van der Waals surface area contributed by atoms with E-state index in [9.17, 15) is 9.00 Å². The van der Waals surface area contributed by atoms with E-state index >= 15 is 0 Å². The smallest absolute Gasteiger partial charge is 0.228 e. The lowest BCUT2D eigenvalue weighted by Crippen LogP contribution is -2.25. The average molecular weight is 287 g/mol. The van der Waals surface area contributed by atoms with Gasteiger partial charge in [0.2, 0.25) is 5.91 Å². The van der Waals surface area contributed by atoms with Crippen molar-refractivity contribution in [3.63, 3.8) is 0 Å². The van der Waals surface area contributed by atoms with Crippen molar-refractivity contribution >= 4 is 39.8 Å². The topological polar surface area (TPSA) is 37.4 Å². The molecule has 2 aromatic rings. The van der Waals surface area contributed by atoms with Gasteiger partial charge in [0, 0.05) is 16.7 Å². The quantitative estimate of drug-likeness (QED) is 0.595. The maximum Gasteiger partial charge on any atom is 0.228 e. The molecule has 0 N–H and O–H groups in total. The van der Waals surface area contributed by atoms with Gasteiger partial charge >= 0.3 is 0 Å². The van der Waals surface area contributed by atoms with Crippen molar-refractivity contribution in [3.8, 4) is 0 Å². The van der Waals surface area contributed by atoms with Crippen LogP contribution in [0.1, 0.15) is 6.92 Å². The van der Waals surface area contributed by atoms with Gasteiger partial charge in [0.15, 0.2) is 0 Å². The SMILES string of the molecule is CC(=O)N1c2ccccc2Sc2ccc3c(c21)S3=O. The van der Waals surface area contributed by atoms with Crippen molar-refractivity contribution in [3.05, 3.63) is 36.4 Å². The Morgan fingerprint density at radius 1 is 1.16 bits per heavy atom. The number of nitrogens with zero attached hydrogens (tertiary/aromatic N) is 1. The first kappa shape index (κ1) is 11.3. The highest BCUT2D eigenvalue weighted by Gasteiger charge is 2.40. The van der Waals surface area contributed by atoms with Crippen LogP contribution in [0.25, 0.3) is 0 Å². The Morgan fingerprint density at radius 3 is 2.74 bits per heavy atom. The zero-order chi connectivity index (χ0) is 13.1. The number of para-hydroxylation sites is 1. The summed E-state index contributed by atoms with van der Waals surface area (Å²) in [6.07, 6.45) is 0. The van der Waals surface area contributed by atoms with E-state index in [1.165, 1.54) is 0 Å². The van der Waals surface area contributed by atoms with E-state index in [0.717, 1.165) is 31.0 Å². The minimum Gasteiger partial charge on any atom is -0.278 e. The molecule has 2 heterocycles. The van der Waals surface area contributed by atoms with Crippen molar-refractivity contribution in [1.29, 1.82) is 0 Å². The van der Waals surface area contributed by atoms with Crippen LogP contribution in [0.2, 0.25) is 0 Å². The Balaban J connectivity index is 2.02. The lowest BCUT2D eigenvalue weighted by Gasteiger charge is -2.29. The molecular formula is C14H9NO2S2. The maximum absolute atomic E-state index is 12.0. The fourth-order valence-electron chi connectivity index (χ4n) is 2.42. The van der Waals surface area contributed by atoms with Crippen LogP contribution in [0.5, 0.6) is 0 Å². The van der Waals surface area contributed by atoms with Crippen LogP contribution in [0.15, 0.2) is 56.0 Å². The summed E-state index contributed by atoms with van der Waals surface area (Å²) in [5.41, 5.74) is 1.69. The van der Waals surface area contributed by atoms with Gasteiger partial charge in [0.05, 0.1) is 32.0 Å². The van der Waals surface area contributed by atoms with Gasteiger partial charge in [0.1, 0.15) is 0 Å². The molecule has 0 fully saturated rings. The second-order valence-corrected chi connectivity index (χ2v) is 6.90. The molecular weight excluding hydrogens is 278 g/mol. The van der Waals surface area contributed by atoms with Crippen molar-refractivity contribution in [2.45, 2.75) is 26.5 Å². The highest BCUT2D eigenvalue weighted by molar-refractivity contribution is 8.00. The van der Waals surface area contributed by atoms with Gasteiger partial charge in [-0.15, -0.1) is 0 Å². The first-order valence-corrected chi connectivity index (χ1v) is 7.81. The van der Waals surface area contributed by atoms with Gasteiger partial charge in [-0.1, -0.05) is 23.9 Å². The molecule has 1 atom stereocenters. The van der Waals surface area contributed by atoms with Crippen LogP contribution >= 0.6 is 11.8 Å². The third-order valence-electron chi connectivity index (χ3n) is 3.27. The van der Waals surface area contributed by atoms with E-state index in [2.05, 4.69) is 0 Å². The second-order valence-electron chi connectivity index (χ2n) is 4.43. The number of carbonyl (C=O) groups excluding carboxylic acids is 1. The Morgan fingerprint density at radius 2 is 1.95 bits per heavy atom. The molecule has 0 saturated carbocycles. The highest BCUT2D eigenvalue weighted by atomic mass is 32.2. The molecule has 1 unspecified atom stereocenters. The minimum absolute atomic E-state index is 0.0497. The first-order valence-electron chi connectivity index (χ1n) is 5.85. The summed E-state index contributed by atoms with van der Waals surface area (Å²) >= 11 is 1.62. The van der Waals surface area contributed by atoms with Crippen LogP contribution < -0.4 is 4.90 Å². The van der Waals surface area contributed by atoms with Crippen LogP contribution in [0, 0.1) is 0 Å². The van der Waals surface area contributed by atoms with Gasteiger partial charge in [-0.3, -0.25) is 9.69 Å². The molecule has 2 aliphatic heterocycles. The molecule has 94 valence electrons. The summed E-state index contributed by atoms with van der Waals surface area (Å²) in [7, 11) is -1.03. The standard InChI is InChI=1S/C14H9NO2S2/c1-8(16)15-9-4-2-3-5-10(9)18-11-6-7-12-14(13(11)15)19(12)17/h2-7H,1H3. The molecule has 0 saturated heterocycles. The zero-order valence-corrected chi connectivity index (χ0v) is 11.7. The largest absolute Gasteiger partial charge is 0.278 e. The molecule has 3 nitrogen and oxygen atoms in total. The Kier molecular flexibility index (Phi) is 2.20. The molecule has 0 aliphatic carbocycles. The van der Waals surface area contributed by atoms with Gasteiger partial charge in [-0.05, 0) is 24.3 Å². The van der Waals surface area contributed by atoms with Crippen LogP contribution in [0.3, 0.4) is 0 Å². The molecule has 0 bridgehead atoms. The van der Waals surface area contributed by atoms with Crippen molar-refractivity contribution in [2.75, 3.05) is 4.90 Å². The lowest BCUT2D eigenvalue weighted by molar-refractivity contribution is -0.115. The van der Waals surface area contributed by atoms with Gasteiger partial charge < -0.3 is 0 Å². The molecule has 5 heteroatoms. The molecule has 2 aliphatic rings. The number of hydrogen-bond acceptors (Lipinski definition) is 3. The van der Waals surface area contributed by atoms with Gasteiger partial charge in [-0.2, -0.15) is 0 Å². The molecule has 19 heavy (non-hydrogen) atoms. The van der Waals surface area contributed by atoms with E-state index in [4.69, 9.17) is 0 Å². The van der Waals surface area contributed by atoms with Crippen LogP contribution in [-0.4, -0.2) is 10.1 Å². The summed E-state index contributed by atoms with van der Waals surface area (Å²) in [4.78, 5) is 17.4. The third kappa shape index (κ3) is 1.45. The fraction of sp³-hybridized carbons (Fsp3) is 0.0714. The number of amides is 1. The Bertz CT molecular complexity index is 770. The van der Waals surface area contributed by atoms with Crippen molar-refractivity contribution in [1.82, 2.24) is 0 Å². The van der Waals surface area contributed by atoms with Crippen molar-refractivity contribution < 1.29 is 9.00 Å². The van der Waals surface area contributed by atoms with Crippen LogP contribution in [-0.2, 0) is 15.6 Å². The minimum atomic E-state index is -1.03. The number of fused-ring (bicyclic) bond motifs is 4. The molecule has 0 aromatic heterocycles. The molecule has 1 amide bonds. The second kappa shape index (κ2) is 3.71. The number of rotatable bonds is 0. The Hall–Kier alpha value is -1.59. The number of carbonyl (C=O) groups is 1. The Labute approximate surface area is 117 Å². The average Bonchev–Trinajstić information content (AvgIpc) is 3.07. The molecule has 0 radical (unpaired) electrons. The molecule has 4 rings (SSSR count). The zero-order valence-electron chi connectivity index (χ0n) is 10.0. The summed E-state index contributed by atoms with van der Waals surface area (Å²) in [6.45, 7) is 1.54. The molecule has 2 aromatic carbocycles. The third-order valence-corrected chi connectivity index (χ3v) is 5.70. The van der Waals surface area contributed by atoms with Crippen molar-refractivity contribution in [2.24, 2.45) is 0 Å². The van der Waals surface area contributed by atoms with Crippen LogP contribution in [0.4, 0.5) is 11.4 Å². The van der Waals surface area contributed by atoms with Gasteiger partial charge in [-0.25, -0.2) is 4.21 Å². The number of benzene rings is 2. The number of anilines is 2. The summed E-state index contributed by atoms with van der Waals surface area (Å²) in [5, 5.41) is 0. The van der Waals surface area contributed by atoms with Gasteiger partial charge in [0.25, 0.3) is 0 Å². The van der Waals surface area contributed by atoms with E-state index < -0.39 is 10.8 Å². The van der Waals surface area contributed by atoms with E-state index in [1.54, 1.807) is 23.6 Å². The number of hydrogen-bond donors (Lipinski definition) is 0. The fourth-order valence-corrected chi connectivity index (χ4v) is 4.68.